The first-order valence-electron chi connectivity index (χ1n) is 12.3. The second-order valence-electron chi connectivity index (χ2n) is 9.61. The first-order valence-corrected chi connectivity index (χ1v) is 12.3. The molecular weight excluding hydrogens is 416 g/mol. The maximum atomic E-state index is 12.8. The molecule has 0 aromatic heterocycles. The number of para-hydroxylation sites is 1. The molecule has 2 aromatic rings. The fourth-order valence-electron chi connectivity index (χ4n) is 5.47. The smallest absolute Gasteiger partial charge is 0.253 e. The van der Waals surface area contributed by atoms with Gasteiger partial charge in [0.05, 0.1) is 6.10 Å². The van der Waals surface area contributed by atoms with Crippen LogP contribution in [0.4, 0.5) is 0 Å². The number of hydrogen-bond donors (Lipinski definition) is 2. The van der Waals surface area contributed by atoms with Crippen molar-refractivity contribution in [1.82, 2.24) is 10.2 Å². The Hall–Kier alpha value is -2.57. The molecule has 1 amide bonds. The molecule has 2 fully saturated rings. The van der Waals surface area contributed by atoms with Crippen molar-refractivity contribution in [3.8, 4) is 11.5 Å². The van der Waals surface area contributed by atoms with E-state index >= 15 is 0 Å². The number of hydrogen-bond acceptors (Lipinski definition) is 5. The lowest BCUT2D eigenvalue weighted by atomic mass is 9.96. The van der Waals surface area contributed by atoms with Gasteiger partial charge in [-0.05, 0) is 68.7 Å². The molecule has 2 aliphatic heterocycles. The Kier molecular flexibility index (Phi) is 6.56. The molecule has 5 rings (SSSR count). The van der Waals surface area contributed by atoms with E-state index in [9.17, 15) is 9.90 Å². The molecule has 2 N–H and O–H groups in total. The van der Waals surface area contributed by atoms with Crippen molar-refractivity contribution >= 4 is 5.91 Å². The zero-order chi connectivity index (χ0) is 22.8. The quantitative estimate of drug-likeness (QED) is 0.719. The lowest BCUT2D eigenvalue weighted by Crippen LogP contribution is -2.40. The summed E-state index contributed by atoms with van der Waals surface area (Å²) >= 11 is 0. The predicted molar refractivity (Wildman–Crippen MR) is 127 cm³/mol. The van der Waals surface area contributed by atoms with E-state index in [-0.39, 0.29) is 18.1 Å². The molecule has 0 radical (unpaired) electrons. The summed E-state index contributed by atoms with van der Waals surface area (Å²) in [5, 5.41) is 13.5. The summed E-state index contributed by atoms with van der Waals surface area (Å²) in [5.74, 6) is 2.30. The number of aliphatic hydroxyl groups excluding tert-OH is 1. The molecule has 0 unspecified atom stereocenters. The highest BCUT2D eigenvalue weighted by Crippen LogP contribution is 2.39. The van der Waals surface area contributed by atoms with Gasteiger partial charge in [0.1, 0.15) is 13.2 Å². The predicted octanol–water partition coefficient (Wildman–Crippen LogP) is 4.04. The van der Waals surface area contributed by atoms with Crippen molar-refractivity contribution in [2.24, 2.45) is 0 Å². The van der Waals surface area contributed by atoms with Gasteiger partial charge in [0.25, 0.3) is 5.91 Å². The van der Waals surface area contributed by atoms with Gasteiger partial charge in [0.15, 0.2) is 11.5 Å². The highest BCUT2D eigenvalue weighted by Gasteiger charge is 2.29. The van der Waals surface area contributed by atoms with Crippen LogP contribution < -0.4 is 14.8 Å². The van der Waals surface area contributed by atoms with Gasteiger partial charge in [-0.25, -0.2) is 0 Å². The summed E-state index contributed by atoms with van der Waals surface area (Å²) in [6, 6.07) is 15.0. The second-order valence-corrected chi connectivity index (χ2v) is 9.61. The Labute approximate surface area is 195 Å². The van der Waals surface area contributed by atoms with Crippen LogP contribution in [0.1, 0.15) is 72.5 Å². The van der Waals surface area contributed by atoms with Crippen LogP contribution in [0.5, 0.6) is 11.5 Å². The van der Waals surface area contributed by atoms with Crippen molar-refractivity contribution in [3.63, 3.8) is 0 Å². The average Bonchev–Trinajstić information content (AvgIpc) is 3.32. The topological polar surface area (TPSA) is 71.0 Å². The fraction of sp³-hybridized carbons (Fsp3) is 0.519. The Morgan fingerprint density at radius 1 is 1.03 bits per heavy atom. The average molecular weight is 451 g/mol. The number of fused-ring (bicyclic) bond motifs is 1. The fourth-order valence-corrected chi connectivity index (χ4v) is 5.47. The number of amides is 1. The molecule has 6 nitrogen and oxygen atoms in total. The number of nitrogens with one attached hydrogen (secondary N) is 1. The van der Waals surface area contributed by atoms with E-state index < -0.39 is 0 Å². The normalized spacial score (nSPS) is 24.0. The van der Waals surface area contributed by atoms with E-state index in [0.717, 1.165) is 41.9 Å². The third-order valence-electron chi connectivity index (χ3n) is 7.36. The summed E-state index contributed by atoms with van der Waals surface area (Å²) in [4.78, 5) is 14.6. The van der Waals surface area contributed by atoms with Crippen LogP contribution >= 0.6 is 0 Å². The molecule has 176 valence electrons. The molecule has 6 heteroatoms. The molecule has 1 aliphatic carbocycles. The lowest BCUT2D eigenvalue weighted by Gasteiger charge is -2.29. The minimum atomic E-state index is -0.267. The van der Waals surface area contributed by atoms with E-state index in [1.807, 2.05) is 29.2 Å². The molecule has 3 aliphatic rings. The van der Waals surface area contributed by atoms with Gasteiger partial charge in [-0.1, -0.05) is 24.3 Å². The van der Waals surface area contributed by atoms with E-state index in [0.29, 0.717) is 51.1 Å². The number of nitrogens with zero attached hydrogens (tertiary/aromatic N) is 1. The van der Waals surface area contributed by atoms with Crippen LogP contribution in [0.25, 0.3) is 0 Å². The second kappa shape index (κ2) is 9.74. The van der Waals surface area contributed by atoms with Crippen LogP contribution in [0, 0.1) is 0 Å². The molecule has 33 heavy (non-hydrogen) atoms. The number of aliphatic hydroxyl groups is 1. The standard InChI is InChI=1S/C27H34N2O4/c1-18(24-3-2-4-25-26(24)33-16-15-32-25)28-22-10-9-21(17-22)19-5-7-20(8-6-19)27(31)29-13-11-23(30)12-14-29/h2-8,18,21-23,28,30H,9-17H2,1H3/t18-,21-,22+/m1/s1. The van der Waals surface area contributed by atoms with Crippen LogP contribution in [0.3, 0.4) is 0 Å². The molecular formula is C27H34N2O4. The Morgan fingerprint density at radius 3 is 2.58 bits per heavy atom. The van der Waals surface area contributed by atoms with Gasteiger partial charge in [-0.2, -0.15) is 0 Å². The monoisotopic (exact) mass is 450 g/mol. The summed E-state index contributed by atoms with van der Waals surface area (Å²) in [6.07, 6.45) is 4.45. The van der Waals surface area contributed by atoms with Crippen molar-refractivity contribution < 1.29 is 19.4 Å². The largest absolute Gasteiger partial charge is 0.486 e. The van der Waals surface area contributed by atoms with Crippen molar-refractivity contribution in [2.45, 2.75) is 63.1 Å². The summed E-state index contributed by atoms with van der Waals surface area (Å²) in [6.45, 7) is 4.67. The molecule has 0 spiro atoms. The maximum Gasteiger partial charge on any atom is 0.253 e. The molecule has 1 saturated heterocycles. The Morgan fingerprint density at radius 2 is 1.79 bits per heavy atom. The van der Waals surface area contributed by atoms with Gasteiger partial charge >= 0.3 is 0 Å². The van der Waals surface area contributed by atoms with Crippen LogP contribution in [0.2, 0.25) is 0 Å². The van der Waals surface area contributed by atoms with Crippen LogP contribution in [-0.2, 0) is 0 Å². The van der Waals surface area contributed by atoms with Crippen molar-refractivity contribution in [2.75, 3.05) is 26.3 Å². The maximum absolute atomic E-state index is 12.8. The number of benzene rings is 2. The minimum Gasteiger partial charge on any atom is -0.486 e. The number of piperidine rings is 1. The highest BCUT2D eigenvalue weighted by molar-refractivity contribution is 5.94. The van der Waals surface area contributed by atoms with E-state index in [2.05, 4.69) is 30.4 Å². The first-order chi connectivity index (χ1) is 16.1. The van der Waals surface area contributed by atoms with Gasteiger partial charge < -0.3 is 24.8 Å². The van der Waals surface area contributed by atoms with E-state index in [1.165, 1.54) is 5.56 Å². The molecule has 0 bridgehead atoms. The SMILES string of the molecule is C[C@@H](N[C@H]1CC[C@@H](c2ccc(C(=O)N3CCC(O)CC3)cc2)C1)c1cccc2c1OCCO2. The lowest BCUT2D eigenvalue weighted by molar-refractivity contribution is 0.0546. The van der Waals surface area contributed by atoms with Crippen molar-refractivity contribution in [1.29, 1.82) is 0 Å². The Bertz CT molecular complexity index is 969. The summed E-state index contributed by atoms with van der Waals surface area (Å²) < 4.78 is 11.6. The van der Waals surface area contributed by atoms with Gasteiger partial charge in [0.2, 0.25) is 0 Å². The molecule has 2 heterocycles. The van der Waals surface area contributed by atoms with Gasteiger partial charge in [-0.15, -0.1) is 0 Å². The molecule has 2 aromatic carbocycles. The number of carbonyl (C=O) groups is 1. The van der Waals surface area contributed by atoms with Crippen LogP contribution in [0.15, 0.2) is 42.5 Å². The minimum absolute atomic E-state index is 0.0747. The number of rotatable bonds is 5. The number of ether oxygens (including phenoxy) is 2. The highest BCUT2D eigenvalue weighted by atomic mass is 16.6. The number of carbonyl (C=O) groups excluding carboxylic acids is 1. The third-order valence-corrected chi connectivity index (χ3v) is 7.36. The van der Waals surface area contributed by atoms with Crippen molar-refractivity contribution in [3.05, 3.63) is 59.2 Å². The first kappa shape index (κ1) is 22.2. The number of likely N-dealkylation sites (tertiary alicyclic amines) is 1. The van der Waals surface area contributed by atoms with E-state index in [4.69, 9.17) is 9.47 Å². The van der Waals surface area contributed by atoms with Crippen LogP contribution in [-0.4, -0.2) is 54.4 Å². The zero-order valence-corrected chi connectivity index (χ0v) is 19.3. The molecule has 1 saturated carbocycles. The van der Waals surface area contributed by atoms with E-state index in [1.54, 1.807) is 0 Å². The molecule has 3 atom stereocenters. The van der Waals surface area contributed by atoms with Gasteiger partial charge in [-0.3, -0.25) is 4.79 Å². The summed E-state index contributed by atoms with van der Waals surface area (Å²) in [7, 11) is 0. The Balaban J connectivity index is 1.18. The summed E-state index contributed by atoms with van der Waals surface area (Å²) in [5.41, 5.74) is 3.21. The van der Waals surface area contributed by atoms with Gasteiger partial charge in [0, 0.05) is 36.3 Å². The zero-order valence-electron chi connectivity index (χ0n) is 19.3. The third kappa shape index (κ3) is 4.87.